The number of rotatable bonds is 5. The number of alkyl halides is 1. The summed E-state index contributed by atoms with van der Waals surface area (Å²) in [6, 6.07) is 13.4. The van der Waals surface area contributed by atoms with Crippen LogP contribution in [0.3, 0.4) is 0 Å². The predicted molar refractivity (Wildman–Crippen MR) is 109 cm³/mol. The number of carbonyl (C=O) groups excluding carboxylic acids is 1. The van der Waals surface area contributed by atoms with Crippen molar-refractivity contribution in [2.75, 3.05) is 18.4 Å². The Kier molecular flexibility index (Phi) is 5.87. The molecular weight excluding hydrogens is 464 g/mol. The van der Waals surface area contributed by atoms with E-state index in [9.17, 15) is 23.3 Å². The summed E-state index contributed by atoms with van der Waals surface area (Å²) in [6.07, 6.45) is 0. The van der Waals surface area contributed by atoms with E-state index in [4.69, 9.17) is 4.74 Å². The van der Waals surface area contributed by atoms with Crippen LogP contribution in [0, 0.1) is 10.1 Å². The zero-order chi connectivity index (χ0) is 21.2. The van der Waals surface area contributed by atoms with Crippen molar-refractivity contribution in [3.8, 4) is 0 Å². The maximum absolute atomic E-state index is 13.2. The molecule has 1 saturated heterocycles. The number of ether oxygens (including phenoxy) is 1. The van der Waals surface area contributed by atoms with Gasteiger partial charge in [-0.3, -0.25) is 10.1 Å². The molecule has 1 aliphatic heterocycles. The highest BCUT2D eigenvalue weighted by molar-refractivity contribution is 9.09. The summed E-state index contributed by atoms with van der Waals surface area (Å²) in [5, 5.41) is 11.0. The minimum Gasteiger partial charge on any atom is -0.448 e. The van der Waals surface area contributed by atoms with Gasteiger partial charge in [0, 0.05) is 29.6 Å². The lowest BCUT2D eigenvalue weighted by Gasteiger charge is -2.33. The van der Waals surface area contributed by atoms with Crippen LogP contribution in [-0.4, -0.2) is 42.0 Å². The number of halogens is 1. The molecule has 0 aromatic heterocycles. The molecule has 10 heteroatoms. The molecule has 0 amide bonds. The standard InChI is InChI=1S/C19H17BrN2O6S/c1-14-11-21(29(26,27)17-9-7-16(8-10-17)22(24)25)13-19(12-20,28-18(14)23)15-5-3-2-4-6-15/h2-10H,1,11-13H2. The van der Waals surface area contributed by atoms with E-state index in [0.717, 1.165) is 16.4 Å². The minimum atomic E-state index is -4.08. The van der Waals surface area contributed by atoms with Crippen molar-refractivity contribution in [1.29, 1.82) is 0 Å². The van der Waals surface area contributed by atoms with Gasteiger partial charge in [-0.25, -0.2) is 13.2 Å². The quantitative estimate of drug-likeness (QED) is 0.214. The van der Waals surface area contributed by atoms with E-state index in [0.29, 0.717) is 5.56 Å². The van der Waals surface area contributed by atoms with Gasteiger partial charge in [-0.2, -0.15) is 4.31 Å². The van der Waals surface area contributed by atoms with Crippen LogP contribution in [-0.2, 0) is 25.2 Å². The first-order valence-corrected chi connectivity index (χ1v) is 11.0. The Morgan fingerprint density at radius 3 is 2.34 bits per heavy atom. The number of nitro benzene ring substituents is 1. The van der Waals surface area contributed by atoms with E-state index in [-0.39, 0.29) is 34.6 Å². The third-order valence-electron chi connectivity index (χ3n) is 4.58. The molecule has 0 bridgehead atoms. The van der Waals surface area contributed by atoms with Crippen molar-refractivity contribution in [2.24, 2.45) is 0 Å². The fourth-order valence-electron chi connectivity index (χ4n) is 3.00. The highest BCUT2D eigenvalue weighted by Crippen LogP contribution is 2.35. The summed E-state index contributed by atoms with van der Waals surface area (Å²) in [5.74, 6) is -0.685. The predicted octanol–water partition coefficient (Wildman–Crippen LogP) is 2.99. The van der Waals surface area contributed by atoms with Gasteiger partial charge in [-0.1, -0.05) is 52.8 Å². The number of carbonyl (C=O) groups is 1. The average molecular weight is 481 g/mol. The van der Waals surface area contributed by atoms with Gasteiger partial charge in [-0.05, 0) is 17.7 Å². The number of hydrogen-bond acceptors (Lipinski definition) is 6. The van der Waals surface area contributed by atoms with Crippen LogP contribution in [0.2, 0.25) is 0 Å². The van der Waals surface area contributed by atoms with Gasteiger partial charge in [0.1, 0.15) is 0 Å². The SMILES string of the molecule is C=C1CN(S(=O)(=O)c2ccc([N+](=O)[O-])cc2)CC(CBr)(c2ccccc2)OC1=O. The van der Waals surface area contributed by atoms with Crippen LogP contribution in [0.4, 0.5) is 5.69 Å². The average Bonchev–Trinajstić information content (AvgIpc) is 2.86. The number of esters is 1. The molecule has 0 radical (unpaired) electrons. The van der Waals surface area contributed by atoms with Gasteiger partial charge in [0.2, 0.25) is 10.0 Å². The Morgan fingerprint density at radius 1 is 1.17 bits per heavy atom. The molecule has 1 atom stereocenters. The van der Waals surface area contributed by atoms with Crippen LogP contribution in [0.15, 0.2) is 71.6 Å². The summed E-state index contributed by atoms with van der Waals surface area (Å²) in [5.41, 5.74) is -0.856. The van der Waals surface area contributed by atoms with Crippen molar-refractivity contribution in [2.45, 2.75) is 10.5 Å². The molecule has 3 rings (SSSR count). The molecule has 1 heterocycles. The van der Waals surface area contributed by atoms with Crippen molar-refractivity contribution >= 4 is 37.6 Å². The lowest BCUT2D eigenvalue weighted by Crippen LogP contribution is -2.45. The smallest absolute Gasteiger partial charge is 0.335 e. The first kappa shape index (κ1) is 21.2. The van der Waals surface area contributed by atoms with Gasteiger partial charge in [0.25, 0.3) is 5.69 Å². The number of sulfonamides is 1. The molecule has 8 nitrogen and oxygen atoms in total. The van der Waals surface area contributed by atoms with E-state index in [1.165, 1.54) is 12.1 Å². The normalized spacial score (nSPS) is 20.7. The van der Waals surface area contributed by atoms with Crippen molar-refractivity contribution in [1.82, 2.24) is 4.31 Å². The van der Waals surface area contributed by atoms with Crippen molar-refractivity contribution < 1.29 is 22.9 Å². The van der Waals surface area contributed by atoms with Crippen molar-refractivity contribution in [3.63, 3.8) is 0 Å². The Hall–Kier alpha value is -2.56. The molecule has 0 saturated carbocycles. The number of hydrogen-bond donors (Lipinski definition) is 0. The first-order chi connectivity index (χ1) is 13.7. The van der Waals surface area contributed by atoms with Gasteiger partial charge < -0.3 is 4.74 Å². The molecule has 1 fully saturated rings. The van der Waals surface area contributed by atoms with E-state index < -0.39 is 26.5 Å². The zero-order valence-corrected chi connectivity index (χ0v) is 17.6. The van der Waals surface area contributed by atoms with Crippen LogP contribution in [0.5, 0.6) is 0 Å². The van der Waals surface area contributed by atoms with Crippen LogP contribution in [0.25, 0.3) is 0 Å². The monoisotopic (exact) mass is 480 g/mol. The lowest BCUT2D eigenvalue weighted by atomic mass is 9.96. The lowest BCUT2D eigenvalue weighted by molar-refractivity contribution is -0.384. The van der Waals surface area contributed by atoms with Gasteiger partial charge in [0.05, 0.1) is 16.4 Å². The molecule has 2 aromatic carbocycles. The van der Waals surface area contributed by atoms with Crippen molar-refractivity contribution in [3.05, 3.63) is 82.4 Å². The van der Waals surface area contributed by atoms with Gasteiger partial charge in [-0.15, -0.1) is 0 Å². The molecule has 152 valence electrons. The van der Waals surface area contributed by atoms with E-state index >= 15 is 0 Å². The van der Waals surface area contributed by atoms with Gasteiger partial charge >= 0.3 is 5.97 Å². The van der Waals surface area contributed by atoms with E-state index in [1.807, 2.05) is 0 Å². The molecule has 1 aliphatic rings. The van der Waals surface area contributed by atoms with Crippen LogP contribution < -0.4 is 0 Å². The van der Waals surface area contributed by atoms with E-state index in [2.05, 4.69) is 22.5 Å². The summed E-state index contributed by atoms with van der Waals surface area (Å²) >= 11 is 3.36. The molecule has 0 aliphatic carbocycles. The molecule has 29 heavy (non-hydrogen) atoms. The maximum atomic E-state index is 13.2. The van der Waals surface area contributed by atoms with Gasteiger partial charge in [0.15, 0.2) is 5.60 Å². The maximum Gasteiger partial charge on any atom is 0.335 e. The highest BCUT2D eigenvalue weighted by Gasteiger charge is 2.44. The number of benzene rings is 2. The summed E-state index contributed by atoms with van der Waals surface area (Å²) in [6.45, 7) is 3.26. The molecule has 1 unspecified atom stereocenters. The second kappa shape index (κ2) is 8.05. The fourth-order valence-corrected chi connectivity index (χ4v) is 5.10. The molecule has 2 aromatic rings. The largest absolute Gasteiger partial charge is 0.448 e. The zero-order valence-electron chi connectivity index (χ0n) is 15.2. The highest BCUT2D eigenvalue weighted by atomic mass is 79.9. The third kappa shape index (κ3) is 4.09. The molecular formula is C19H17BrN2O6S. The Balaban J connectivity index is 2.06. The number of non-ortho nitro benzene ring substituents is 1. The summed E-state index contributed by atoms with van der Waals surface area (Å²) < 4.78 is 33.3. The number of nitro groups is 1. The topological polar surface area (TPSA) is 107 Å². The molecule has 0 N–H and O–H groups in total. The Labute approximate surface area is 176 Å². The summed E-state index contributed by atoms with van der Waals surface area (Å²) in [7, 11) is -4.08. The first-order valence-electron chi connectivity index (χ1n) is 8.47. The van der Waals surface area contributed by atoms with Crippen LogP contribution in [0.1, 0.15) is 5.56 Å². The second-order valence-corrected chi connectivity index (χ2v) is 9.01. The second-order valence-electron chi connectivity index (χ2n) is 6.51. The number of nitrogens with zero attached hydrogens (tertiary/aromatic N) is 2. The molecule has 0 spiro atoms. The number of cyclic esters (lactones) is 1. The Morgan fingerprint density at radius 2 is 1.79 bits per heavy atom. The summed E-state index contributed by atoms with van der Waals surface area (Å²) in [4.78, 5) is 22.6. The third-order valence-corrected chi connectivity index (χ3v) is 7.29. The minimum absolute atomic E-state index is 0.00533. The Bertz CT molecular complexity index is 1060. The van der Waals surface area contributed by atoms with Crippen LogP contribution >= 0.6 is 15.9 Å². The fraction of sp³-hybridized carbons (Fsp3) is 0.211. The van der Waals surface area contributed by atoms with E-state index in [1.54, 1.807) is 30.3 Å².